The van der Waals surface area contributed by atoms with Crippen LogP contribution < -0.4 is 0 Å². The molecule has 3 rings (SSSR count). The van der Waals surface area contributed by atoms with Gasteiger partial charge < -0.3 is 4.52 Å². The van der Waals surface area contributed by atoms with Crippen molar-refractivity contribution in [3.8, 4) is 11.1 Å². The van der Waals surface area contributed by atoms with Gasteiger partial charge in [-0.25, -0.2) is 0 Å². The summed E-state index contributed by atoms with van der Waals surface area (Å²) in [6, 6.07) is 4.00. The summed E-state index contributed by atoms with van der Waals surface area (Å²) in [4.78, 5) is 4.13. The van der Waals surface area contributed by atoms with Crippen LogP contribution in [-0.2, 0) is 0 Å². The fourth-order valence-corrected chi connectivity index (χ4v) is 1.87. The zero-order valence-corrected chi connectivity index (χ0v) is 10.6. The minimum absolute atomic E-state index is 0.585. The van der Waals surface area contributed by atoms with Crippen molar-refractivity contribution in [3.05, 3.63) is 36.0 Å². The second kappa shape index (κ2) is 5.13. The maximum Gasteiger partial charge on any atom is 0.147 e. The first-order valence-corrected chi connectivity index (χ1v) is 6.23. The van der Waals surface area contributed by atoms with E-state index < -0.39 is 0 Å². The van der Waals surface area contributed by atoms with Crippen molar-refractivity contribution in [3.63, 3.8) is 0 Å². The van der Waals surface area contributed by atoms with E-state index in [4.69, 9.17) is 4.52 Å². The molecule has 3 nitrogen and oxygen atoms in total. The molecule has 0 amide bonds. The van der Waals surface area contributed by atoms with E-state index in [1.807, 2.05) is 33.0 Å². The van der Waals surface area contributed by atoms with Gasteiger partial charge in [-0.05, 0) is 25.8 Å². The summed E-state index contributed by atoms with van der Waals surface area (Å²) in [5.74, 6) is 1.63. The Bertz CT molecular complexity index is 472. The van der Waals surface area contributed by atoms with E-state index in [1.165, 1.54) is 12.8 Å². The Morgan fingerprint density at radius 3 is 2.65 bits per heavy atom. The van der Waals surface area contributed by atoms with Crippen LogP contribution in [-0.4, -0.2) is 10.1 Å². The molecule has 0 atom stereocenters. The third-order valence-corrected chi connectivity index (χ3v) is 2.79. The molecule has 1 fully saturated rings. The number of nitrogens with zero attached hydrogens (tertiary/aromatic N) is 2. The largest absolute Gasteiger partial charge is 0.360 e. The van der Waals surface area contributed by atoms with E-state index in [0.29, 0.717) is 5.92 Å². The van der Waals surface area contributed by atoms with Gasteiger partial charge in [-0.15, -0.1) is 0 Å². The van der Waals surface area contributed by atoms with Crippen LogP contribution in [0.1, 0.15) is 44.1 Å². The van der Waals surface area contributed by atoms with Gasteiger partial charge in [0.2, 0.25) is 0 Å². The quantitative estimate of drug-likeness (QED) is 0.784. The fourth-order valence-electron chi connectivity index (χ4n) is 1.87. The van der Waals surface area contributed by atoms with E-state index >= 15 is 0 Å². The van der Waals surface area contributed by atoms with E-state index in [2.05, 4.69) is 16.2 Å². The topological polar surface area (TPSA) is 38.9 Å². The lowest BCUT2D eigenvalue weighted by Gasteiger charge is -1.99. The molecule has 17 heavy (non-hydrogen) atoms. The van der Waals surface area contributed by atoms with Gasteiger partial charge in [-0.2, -0.15) is 0 Å². The molecule has 90 valence electrons. The molecule has 0 aromatic carbocycles. The van der Waals surface area contributed by atoms with E-state index in [1.54, 1.807) is 6.20 Å². The number of aromatic nitrogens is 2. The van der Waals surface area contributed by atoms with E-state index in [9.17, 15) is 0 Å². The van der Waals surface area contributed by atoms with Crippen molar-refractivity contribution in [1.82, 2.24) is 10.1 Å². The molecule has 0 spiro atoms. The molecule has 0 N–H and O–H groups in total. The molecule has 2 aromatic rings. The van der Waals surface area contributed by atoms with Crippen LogP contribution in [0.4, 0.5) is 0 Å². The molecule has 0 aliphatic heterocycles. The number of pyridine rings is 1. The van der Waals surface area contributed by atoms with Crippen molar-refractivity contribution in [1.29, 1.82) is 0 Å². The van der Waals surface area contributed by atoms with Gasteiger partial charge in [0.05, 0.1) is 5.69 Å². The molecule has 1 aliphatic rings. The SMILES string of the molecule is CC.Cc1noc(C2CC2)c1-c1cccnc1. The van der Waals surface area contributed by atoms with Gasteiger partial charge in [-0.1, -0.05) is 25.1 Å². The van der Waals surface area contributed by atoms with Gasteiger partial charge in [0.25, 0.3) is 0 Å². The standard InChI is InChI=1S/C12H12N2O.C2H6/c1-8-11(10-3-2-6-13-7-10)12(15-14-8)9-4-5-9;1-2/h2-3,6-7,9H,4-5H2,1H3;1-2H3. The number of rotatable bonds is 2. The Labute approximate surface area is 102 Å². The highest BCUT2D eigenvalue weighted by atomic mass is 16.5. The van der Waals surface area contributed by atoms with Gasteiger partial charge in [-0.3, -0.25) is 4.98 Å². The molecule has 0 bridgehead atoms. The minimum Gasteiger partial charge on any atom is -0.360 e. The molecular formula is C14H18N2O. The molecule has 1 saturated carbocycles. The summed E-state index contributed by atoms with van der Waals surface area (Å²) >= 11 is 0. The summed E-state index contributed by atoms with van der Waals surface area (Å²) in [5, 5.41) is 4.05. The summed E-state index contributed by atoms with van der Waals surface area (Å²) in [7, 11) is 0. The maximum absolute atomic E-state index is 5.40. The first kappa shape index (κ1) is 11.8. The van der Waals surface area contributed by atoms with E-state index in [-0.39, 0.29) is 0 Å². The van der Waals surface area contributed by atoms with Crippen molar-refractivity contribution in [2.24, 2.45) is 0 Å². The monoisotopic (exact) mass is 230 g/mol. The lowest BCUT2D eigenvalue weighted by Crippen LogP contribution is -1.85. The Kier molecular flexibility index (Phi) is 3.57. The van der Waals surface area contributed by atoms with Crippen molar-refractivity contribution >= 4 is 0 Å². The molecule has 2 aromatic heterocycles. The average Bonchev–Trinajstić information content (AvgIpc) is 3.16. The van der Waals surface area contributed by atoms with Crippen LogP contribution in [0.2, 0.25) is 0 Å². The zero-order chi connectivity index (χ0) is 12.3. The second-order valence-corrected chi connectivity index (χ2v) is 4.02. The smallest absolute Gasteiger partial charge is 0.147 e. The summed E-state index contributed by atoms with van der Waals surface area (Å²) in [5.41, 5.74) is 3.22. The molecule has 2 heterocycles. The summed E-state index contributed by atoms with van der Waals surface area (Å²) in [6.45, 7) is 5.98. The molecule has 0 radical (unpaired) electrons. The number of hydrogen-bond acceptors (Lipinski definition) is 3. The summed E-state index contributed by atoms with van der Waals surface area (Å²) in [6.07, 6.45) is 6.10. The highest BCUT2D eigenvalue weighted by Gasteiger charge is 2.31. The summed E-state index contributed by atoms with van der Waals surface area (Å²) < 4.78 is 5.40. The first-order chi connectivity index (χ1) is 8.36. The average molecular weight is 230 g/mol. The second-order valence-electron chi connectivity index (χ2n) is 4.02. The lowest BCUT2D eigenvalue weighted by molar-refractivity contribution is 0.381. The third kappa shape index (κ3) is 2.38. The molecule has 3 heteroatoms. The maximum atomic E-state index is 5.40. The van der Waals surface area contributed by atoms with Crippen LogP contribution in [0.25, 0.3) is 11.1 Å². The Morgan fingerprint density at radius 2 is 2.06 bits per heavy atom. The fraction of sp³-hybridized carbons (Fsp3) is 0.429. The van der Waals surface area contributed by atoms with Gasteiger partial charge in [0.15, 0.2) is 0 Å². The minimum atomic E-state index is 0.585. The highest BCUT2D eigenvalue weighted by Crippen LogP contribution is 2.45. The van der Waals surface area contributed by atoms with Gasteiger partial charge in [0.1, 0.15) is 5.76 Å². The number of hydrogen-bond donors (Lipinski definition) is 0. The Hall–Kier alpha value is -1.64. The third-order valence-electron chi connectivity index (χ3n) is 2.79. The van der Waals surface area contributed by atoms with Gasteiger partial charge >= 0.3 is 0 Å². The van der Waals surface area contributed by atoms with E-state index in [0.717, 1.165) is 22.6 Å². The van der Waals surface area contributed by atoms with Crippen molar-refractivity contribution in [2.75, 3.05) is 0 Å². The predicted octanol–water partition coefficient (Wildman–Crippen LogP) is 3.95. The van der Waals surface area contributed by atoms with Crippen LogP contribution in [0.5, 0.6) is 0 Å². The molecule has 1 aliphatic carbocycles. The highest BCUT2D eigenvalue weighted by molar-refractivity contribution is 5.67. The first-order valence-electron chi connectivity index (χ1n) is 6.23. The molecule has 0 saturated heterocycles. The van der Waals surface area contributed by atoms with Crippen LogP contribution >= 0.6 is 0 Å². The molecular weight excluding hydrogens is 212 g/mol. The van der Waals surface area contributed by atoms with Crippen LogP contribution in [0, 0.1) is 6.92 Å². The van der Waals surface area contributed by atoms with Crippen molar-refractivity contribution < 1.29 is 4.52 Å². The van der Waals surface area contributed by atoms with Crippen LogP contribution in [0.15, 0.2) is 29.0 Å². The van der Waals surface area contributed by atoms with Gasteiger partial charge in [0, 0.05) is 29.4 Å². The Balaban J connectivity index is 0.000000514. The Morgan fingerprint density at radius 1 is 1.29 bits per heavy atom. The number of aryl methyl sites for hydroxylation is 1. The predicted molar refractivity (Wildman–Crippen MR) is 67.8 cm³/mol. The van der Waals surface area contributed by atoms with Crippen molar-refractivity contribution in [2.45, 2.75) is 39.5 Å². The molecule has 0 unspecified atom stereocenters. The lowest BCUT2D eigenvalue weighted by atomic mass is 10.0. The zero-order valence-electron chi connectivity index (χ0n) is 10.6. The normalized spacial score (nSPS) is 14.1. The van der Waals surface area contributed by atoms with Crippen LogP contribution in [0.3, 0.4) is 0 Å².